The van der Waals surface area contributed by atoms with Crippen LogP contribution in [0.15, 0.2) is 47.3 Å². The summed E-state index contributed by atoms with van der Waals surface area (Å²) in [5.41, 5.74) is 7.45. The van der Waals surface area contributed by atoms with Crippen molar-refractivity contribution in [2.24, 2.45) is 5.73 Å². The molecule has 2 N–H and O–H groups in total. The molecule has 4 heteroatoms. The monoisotopic (exact) mass is 262 g/mol. The van der Waals surface area contributed by atoms with Crippen molar-refractivity contribution in [2.75, 3.05) is 0 Å². The van der Waals surface area contributed by atoms with E-state index in [1.54, 1.807) is 6.26 Å². The predicted molar refractivity (Wildman–Crippen MR) is 75.2 cm³/mol. The second kappa shape index (κ2) is 6.61. The van der Waals surface area contributed by atoms with Gasteiger partial charge in [0.25, 0.3) is 0 Å². The molecule has 2 heterocycles. The van der Waals surface area contributed by atoms with Gasteiger partial charge in [0.15, 0.2) is 0 Å². The maximum absolute atomic E-state index is 6.22. The van der Waals surface area contributed by atoms with Gasteiger partial charge in [-0.05, 0) is 36.2 Å². The fourth-order valence-electron chi connectivity index (χ4n) is 1.80. The zero-order chi connectivity index (χ0) is 12.8. The SMILES string of the molecule is CCC(N)C(SCc1ccco1)c1ccncc1. The molecule has 0 aromatic carbocycles. The molecule has 0 aliphatic carbocycles. The summed E-state index contributed by atoms with van der Waals surface area (Å²) >= 11 is 1.82. The average molecular weight is 262 g/mol. The van der Waals surface area contributed by atoms with Gasteiger partial charge in [-0.1, -0.05) is 6.92 Å². The van der Waals surface area contributed by atoms with Crippen LogP contribution < -0.4 is 5.73 Å². The molecule has 18 heavy (non-hydrogen) atoms. The molecule has 0 saturated carbocycles. The van der Waals surface area contributed by atoms with E-state index in [1.807, 2.05) is 48.4 Å². The summed E-state index contributed by atoms with van der Waals surface area (Å²) in [7, 11) is 0. The van der Waals surface area contributed by atoms with Crippen LogP contribution in [-0.4, -0.2) is 11.0 Å². The van der Waals surface area contributed by atoms with Gasteiger partial charge in [-0.15, -0.1) is 11.8 Å². The Morgan fingerprint density at radius 3 is 2.72 bits per heavy atom. The van der Waals surface area contributed by atoms with E-state index >= 15 is 0 Å². The summed E-state index contributed by atoms with van der Waals surface area (Å²) in [5, 5.41) is 0.281. The fraction of sp³-hybridized carbons (Fsp3) is 0.357. The van der Waals surface area contributed by atoms with E-state index in [4.69, 9.17) is 10.2 Å². The number of nitrogens with zero attached hydrogens (tertiary/aromatic N) is 1. The number of pyridine rings is 1. The topological polar surface area (TPSA) is 52.0 Å². The second-order valence-electron chi connectivity index (χ2n) is 4.16. The molecule has 2 atom stereocenters. The number of aromatic nitrogens is 1. The van der Waals surface area contributed by atoms with E-state index in [9.17, 15) is 0 Å². The minimum absolute atomic E-state index is 0.146. The third-order valence-corrected chi connectivity index (χ3v) is 4.31. The number of nitrogens with two attached hydrogens (primary N) is 1. The number of hydrogen-bond donors (Lipinski definition) is 1. The Morgan fingerprint density at radius 2 is 2.11 bits per heavy atom. The Labute approximate surface area is 112 Å². The predicted octanol–water partition coefficient (Wildman–Crippen LogP) is 3.39. The summed E-state index contributed by atoms with van der Waals surface area (Å²) in [5.74, 6) is 1.83. The first-order valence-corrected chi connectivity index (χ1v) is 7.15. The molecule has 2 aromatic rings. The Hall–Kier alpha value is -1.26. The molecule has 0 fully saturated rings. The molecule has 2 aromatic heterocycles. The summed E-state index contributed by atoms with van der Waals surface area (Å²) in [6.45, 7) is 2.12. The molecule has 0 spiro atoms. The van der Waals surface area contributed by atoms with Crippen LogP contribution in [0, 0.1) is 0 Å². The van der Waals surface area contributed by atoms with Crippen molar-refractivity contribution in [1.82, 2.24) is 4.98 Å². The fourth-order valence-corrected chi connectivity index (χ4v) is 3.10. The lowest BCUT2D eigenvalue weighted by Gasteiger charge is -2.22. The molecular formula is C14H18N2OS. The van der Waals surface area contributed by atoms with Crippen LogP contribution in [0.4, 0.5) is 0 Å². The first kappa shape index (κ1) is 13.2. The van der Waals surface area contributed by atoms with Crippen molar-refractivity contribution in [3.05, 3.63) is 54.2 Å². The van der Waals surface area contributed by atoms with E-state index in [2.05, 4.69) is 11.9 Å². The van der Waals surface area contributed by atoms with Gasteiger partial charge >= 0.3 is 0 Å². The molecule has 0 radical (unpaired) electrons. The van der Waals surface area contributed by atoms with Crippen LogP contribution in [0.2, 0.25) is 0 Å². The Kier molecular flexibility index (Phi) is 4.84. The van der Waals surface area contributed by atoms with E-state index in [0.717, 1.165) is 17.9 Å². The highest BCUT2D eigenvalue weighted by molar-refractivity contribution is 7.98. The van der Waals surface area contributed by atoms with Gasteiger partial charge in [0.2, 0.25) is 0 Å². The van der Waals surface area contributed by atoms with Gasteiger partial charge in [0.05, 0.1) is 12.0 Å². The molecular weight excluding hydrogens is 244 g/mol. The highest BCUT2D eigenvalue weighted by Gasteiger charge is 2.19. The Morgan fingerprint density at radius 1 is 1.33 bits per heavy atom. The minimum atomic E-state index is 0.146. The van der Waals surface area contributed by atoms with E-state index in [1.165, 1.54) is 5.56 Å². The maximum Gasteiger partial charge on any atom is 0.113 e. The highest BCUT2D eigenvalue weighted by Crippen LogP contribution is 2.34. The third kappa shape index (κ3) is 3.37. The molecule has 2 unspecified atom stereocenters. The lowest BCUT2D eigenvalue weighted by atomic mass is 10.1. The lowest BCUT2D eigenvalue weighted by molar-refractivity contribution is 0.529. The summed E-state index contributed by atoms with van der Waals surface area (Å²) in [6.07, 6.45) is 6.30. The number of furan rings is 1. The minimum Gasteiger partial charge on any atom is -0.468 e. The van der Waals surface area contributed by atoms with Gasteiger partial charge < -0.3 is 10.2 Å². The Bertz CT molecular complexity index is 444. The van der Waals surface area contributed by atoms with E-state index < -0.39 is 0 Å². The first-order chi connectivity index (χ1) is 8.81. The largest absolute Gasteiger partial charge is 0.468 e. The third-order valence-electron chi connectivity index (χ3n) is 2.88. The molecule has 0 bridgehead atoms. The van der Waals surface area contributed by atoms with Crippen molar-refractivity contribution in [3.8, 4) is 0 Å². The van der Waals surface area contributed by atoms with E-state index in [-0.39, 0.29) is 11.3 Å². The average Bonchev–Trinajstić information content (AvgIpc) is 2.93. The van der Waals surface area contributed by atoms with Crippen LogP contribution in [0.1, 0.15) is 29.9 Å². The normalized spacial score (nSPS) is 14.3. The Balaban J connectivity index is 2.06. The number of rotatable bonds is 6. The van der Waals surface area contributed by atoms with Gasteiger partial charge in [-0.3, -0.25) is 4.98 Å². The second-order valence-corrected chi connectivity index (χ2v) is 5.29. The summed E-state index contributed by atoms with van der Waals surface area (Å²) in [6, 6.07) is 8.13. The van der Waals surface area contributed by atoms with Gasteiger partial charge in [-0.25, -0.2) is 0 Å². The van der Waals surface area contributed by atoms with Crippen LogP contribution in [-0.2, 0) is 5.75 Å². The standard InChI is InChI=1S/C14H18N2OS/c1-2-13(15)14(11-5-7-16-8-6-11)18-10-12-4-3-9-17-12/h3-9,13-14H,2,10,15H2,1H3. The van der Waals surface area contributed by atoms with Gasteiger partial charge in [0.1, 0.15) is 5.76 Å². The van der Waals surface area contributed by atoms with Crippen LogP contribution in [0.5, 0.6) is 0 Å². The zero-order valence-corrected chi connectivity index (χ0v) is 11.3. The molecule has 0 aliphatic heterocycles. The lowest BCUT2D eigenvalue weighted by Crippen LogP contribution is -2.25. The van der Waals surface area contributed by atoms with Crippen LogP contribution >= 0.6 is 11.8 Å². The maximum atomic E-state index is 6.22. The molecule has 0 amide bonds. The molecule has 2 rings (SSSR count). The zero-order valence-electron chi connectivity index (χ0n) is 10.5. The number of hydrogen-bond acceptors (Lipinski definition) is 4. The van der Waals surface area contributed by atoms with Crippen molar-refractivity contribution in [1.29, 1.82) is 0 Å². The summed E-state index contributed by atoms with van der Waals surface area (Å²) in [4.78, 5) is 4.05. The smallest absolute Gasteiger partial charge is 0.113 e. The van der Waals surface area contributed by atoms with Crippen molar-refractivity contribution in [3.63, 3.8) is 0 Å². The molecule has 3 nitrogen and oxygen atoms in total. The van der Waals surface area contributed by atoms with Crippen LogP contribution in [0.25, 0.3) is 0 Å². The summed E-state index contributed by atoms with van der Waals surface area (Å²) < 4.78 is 5.36. The van der Waals surface area contributed by atoms with Crippen molar-refractivity contribution in [2.45, 2.75) is 30.4 Å². The highest BCUT2D eigenvalue weighted by atomic mass is 32.2. The van der Waals surface area contributed by atoms with Crippen molar-refractivity contribution < 1.29 is 4.42 Å². The number of thioether (sulfide) groups is 1. The van der Waals surface area contributed by atoms with Gasteiger partial charge in [-0.2, -0.15) is 0 Å². The molecule has 0 aliphatic rings. The van der Waals surface area contributed by atoms with Crippen molar-refractivity contribution >= 4 is 11.8 Å². The van der Waals surface area contributed by atoms with E-state index in [0.29, 0.717) is 0 Å². The van der Waals surface area contributed by atoms with Crippen LogP contribution in [0.3, 0.4) is 0 Å². The molecule has 0 saturated heterocycles. The first-order valence-electron chi connectivity index (χ1n) is 6.10. The van der Waals surface area contributed by atoms with Gasteiger partial charge in [0, 0.05) is 23.7 Å². The quantitative estimate of drug-likeness (QED) is 0.867. The molecule has 96 valence electrons.